The van der Waals surface area contributed by atoms with Gasteiger partial charge in [-0.3, -0.25) is 19.1 Å². The highest BCUT2D eigenvalue weighted by Crippen LogP contribution is 2.07. The number of aromatic amines is 1. The minimum absolute atomic E-state index is 0.0530. The fourth-order valence-electron chi connectivity index (χ4n) is 3.34. The van der Waals surface area contributed by atoms with Crippen LogP contribution in [0.15, 0.2) is 29.1 Å². The molecule has 0 saturated heterocycles. The second-order valence-electron chi connectivity index (χ2n) is 7.32. The van der Waals surface area contributed by atoms with E-state index in [1.807, 2.05) is 24.3 Å². The Morgan fingerprint density at radius 1 is 1.25 bits per heavy atom. The normalized spacial score (nSPS) is 11.5. The summed E-state index contributed by atoms with van der Waals surface area (Å²) in [6.07, 6.45) is 3.04. The third-order valence-electron chi connectivity index (χ3n) is 5.03. The number of H-pyrrole nitrogens is 1. The number of carbonyl (C=O) groups is 1. The second-order valence-corrected chi connectivity index (χ2v) is 7.70. The Morgan fingerprint density at radius 2 is 2.00 bits per heavy atom. The van der Waals surface area contributed by atoms with E-state index in [0.29, 0.717) is 35.7 Å². The van der Waals surface area contributed by atoms with Crippen LogP contribution in [0.25, 0.3) is 10.9 Å². The van der Waals surface area contributed by atoms with E-state index < -0.39 is 0 Å². The van der Waals surface area contributed by atoms with E-state index in [2.05, 4.69) is 36.0 Å². The van der Waals surface area contributed by atoms with E-state index >= 15 is 0 Å². The van der Waals surface area contributed by atoms with Crippen molar-refractivity contribution in [3.63, 3.8) is 0 Å². The summed E-state index contributed by atoms with van der Waals surface area (Å²) in [4.78, 5) is 30.0. The summed E-state index contributed by atoms with van der Waals surface area (Å²) in [5.74, 6) is 0.0972. The summed E-state index contributed by atoms with van der Waals surface area (Å²) >= 11 is 5.32. The Bertz CT molecular complexity index is 888. The van der Waals surface area contributed by atoms with Crippen molar-refractivity contribution in [1.29, 1.82) is 0 Å². The lowest BCUT2D eigenvalue weighted by Gasteiger charge is -2.24. The molecule has 2 rings (SSSR count). The first-order valence-electron chi connectivity index (χ1n) is 10.2. The molecule has 0 fully saturated rings. The first-order chi connectivity index (χ1) is 13.4. The number of nitrogens with zero attached hydrogens (tertiary/aromatic N) is 2. The predicted octanol–water partition coefficient (Wildman–Crippen LogP) is 3.47. The lowest BCUT2D eigenvalue weighted by Crippen LogP contribution is -2.38. The number of carbonyl (C=O) groups excluding carboxylic acids is 1. The van der Waals surface area contributed by atoms with Crippen LogP contribution in [0, 0.1) is 4.77 Å². The molecule has 1 aromatic heterocycles. The van der Waals surface area contributed by atoms with Gasteiger partial charge in [0.25, 0.3) is 5.56 Å². The average molecular weight is 405 g/mol. The number of fused-ring (bicyclic) bond motifs is 1. The van der Waals surface area contributed by atoms with E-state index in [1.165, 1.54) is 0 Å². The van der Waals surface area contributed by atoms with Crippen molar-refractivity contribution in [3.8, 4) is 0 Å². The number of hydrogen-bond acceptors (Lipinski definition) is 4. The van der Waals surface area contributed by atoms with E-state index in [4.69, 9.17) is 12.2 Å². The zero-order valence-corrected chi connectivity index (χ0v) is 18.0. The van der Waals surface area contributed by atoms with Crippen LogP contribution >= 0.6 is 12.2 Å². The highest BCUT2D eigenvalue weighted by atomic mass is 32.1. The SMILES string of the molecule is CCN(CCNC(=O)CCCCCn1c(=S)[nH]c2ccccc2c1=O)C(C)C. The van der Waals surface area contributed by atoms with Gasteiger partial charge in [0.15, 0.2) is 4.77 Å². The maximum atomic E-state index is 12.6. The minimum atomic E-state index is -0.0530. The zero-order chi connectivity index (χ0) is 20.5. The van der Waals surface area contributed by atoms with Gasteiger partial charge in [-0.15, -0.1) is 0 Å². The molecule has 0 saturated carbocycles. The molecular formula is C21H32N4O2S. The first-order valence-corrected chi connectivity index (χ1v) is 10.6. The van der Waals surface area contributed by atoms with Gasteiger partial charge in [0, 0.05) is 32.1 Å². The highest BCUT2D eigenvalue weighted by Gasteiger charge is 2.08. The Morgan fingerprint density at radius 3 is 2.71 bits per heavy atom. The van der Waals surface area contributed by atoms with Crippen LogP contribution < -0.4 is 10.9 Å². The number of nitrogens with one attached hydrogen (secondary N) is 2. The van der Waals surface area contributed by atoms with Crippen molar-refractivity contribution in [2.75, 3.05) is 19.6 Å². The second kappa shape index (κ2) is 11.1. The molecule has 6 nitrogen and oxygen atoms in total. The number of likely N-dealkylation sites (N-methyl/N-ethyl adjacent to an activating group) is 1. The van der Waals surface area contributed by atoms with Gasteiger partial charge in [0.2, 0.25) is 5.91 Å². The third kappa shape index (κ3) is 6.27. The molecule has 0 bridgehead atoms. The van der Waals surface area contributed by atoms with Crippen molar-refractivity contribution < 1.29 is 4.79 Å². The number of para-hydroxylation sites is 1. The molecule has 0 aliphatic rings. The standard InChI is InChI=1S/C21H32N4O2S/c1-4-24(16(2)3)15-13-22-19(26)12-6-5-9-14-25-20(27)17-10-7-8-11-18(17)23-21(25)28/h7-8,10-11,16H,4-6,9,12-15H2,1-3H3,(H,22,26)(H,23,28). The minimum Gasteiger partial charge on any atom is -0.355 e. The molecule has 154 valence electrons. The van der Waals surface area contributed by atoms with Crippen molar-refractivity contribution in [2.24, 2.45) is 0 Å². The first kappa shape index (κ1) is 22.3. The number of benzene rings is 1. The average Bonchev–Trinajstić information content (AvgIpc) is 2.67. The van der Waals surface area contributed by atoms with Crippen LogP contribution in [0.2, 0.25) is 0 Å². The summed E-state index contributed by atoms with van der Waals surface area (Å²) in [7, 11) is 0. The number of hydrogen-bond donors (Lipinski definition) is 2. The van der Waals surface area contributed by atoms with Gasteiger partial charge in [-0.05, 0) is 57.6 Å². The third-order valence-corrected chi connectivity index (χ3v) is 5.36. The molecule has 7 heteroatoms. The maximum absolute atomic E-state index is 12.6. The van der Waals surface area contributed by atoms with Crippen LogP contribution in [-0.4, -0.2) is 46.0 Å². The van der Waals surface area contributed by atoms with Crippen LogP contribution in [0.3, 0.4) is 0 Å². The molecule has 0 radical (unpaired) electrons. The lowest BCUT2D eigenvalue weighted by molar-refractivity contribution is -0.121. The Labute approximate surface area is 171 Å². The Balaban J connectivity index is 1.72. The summed E-state index contributed by atoms with van der Waals surface area (Å²) in [5.41, 5.74) is 0.715. The van der Waals surface area contributed by atoms with Crippen molar-refractivity contribution >= 4 is 29.0 Å². The quantitative estimate of drug-likeness (QED) is 0.444. The summed E-state index contributed by atoms with van der Waals surface area (Å²) < 4.78 is 2.07. The van der Waals surface area contributed by atoms with Crippen LogP contribution in [0.5, 0.6) is 0 Å². The van der Waals surface area contributed by atoms with E-state index in [1.54, 1.807) is 4.57 Å². The van der Waals surface area contributed by atoms with E-state index in [0.717, 1.165) is 37.9 Å². The summed E-state index contributed by atoms with van der Waals surface area (Å²) in [5, 5.41) is 3.64. The molecular weight excluding hydrogens is 372 g/mol. The maximum Gasteiger partial charge on any atom is 0.262 e. The van der Waals surface area contributed by atoms with E-state index in [9.17, 15) is 9.59 Å². The smallest absolute Gasteiger partial charge is 0.262 e. The molecule has 0 aliphatic carbocycles. The number of unbranched alkanes of at least 4 members (excludes halogenated alkanes) is 2. The topological polar surface area (TPSA) is 70.1 Å². The zero-order valence-electron chi connectivity index (χ0n) is 17.2. The fourth-order valence-corrected chi connectivity index (χ4v) is 3.63. The molecule has 1 heterocycles. The Hall–Kier alpha value is -1.99. The van der Waals surface area contributed by atoms with Crippen molar-refractivity contribution in [2.45, 2.75) is 59.0 Å². The number of rotatable bonds is 11. The van der Waals surface area contributed by atoms with Gasteiger partial charge in [-0.2, -0.15) is 0 Å². The molecule has 28 heavy (non-hydrogen) atoms. The van der Waals surface area contributed by atoms with Gasteiger partial charge >= 0.3 is 0 Å². The summed E-state index contributed by atoms with van der Waals surface area (Å²) in [6, 6.07) is 7.89. The number of amides is 1. The summed E-state index contributed by atoms with van der Waals surface area (Å²) in [6.45, 7) is 9.59. The van der Waals surface area contributed by atoms with Crippen LogP contribution in [0.4, 0.5) is 0 Å². The van der Waals surface area contributed by atoms with Gasteiger partial charge in [0.1, 0.15) is 0 Å². The van der Waals surface area contributed by atoms with Gasteiger partial charge in [-0.25, -0.2) is 0 Å². The van der Waals surface area contributed by atoms with E-state index in [-0.39, 0.29) is 11.5 Å². The largest absolute Gasteiger partial charge is 0.355 e. The van der Waals surface area contributed by atoms with Crippen LogP contribution in [-0.2, 0) is 11.3 Å². The monoisotopic (exact) mass is 404 g/mol. The molecule has 0 unspecified atom stereocenters. The van der Waals surface area contributed by atoms with Crippen LogP contribution in [0.1, 0.15) is 46.5 Å². The highest BCUT2D eigenvalue weighted by molar-refractivity contribution is 7.71. The Kier molecular flexibility index (Phi) is 8.86. The lowest BCUT2D eigenvalue weighted by atomic mass is 10.2. The van der Waals surface area contributed by atoms with Crippen molar-refractivity contribution in [3.05, 3.63) is 39.4 Å². The van der Waals surface area contributed by atoms with Gasteiger partial charge < -0.3 is 10.3 Å². The predicted molar refractivity (Wildman–Crippen MR) is 117 cm³/mol. The van der Waals surface area contributed by atoms with Gasteiger partial charge in [0.05, 0.1) is 10.9 Å². The fraction of sp³-hybridized carbons (Fsp3) is 0.571. The molecule has 1 amide bonds. The molecule has 1 aromatic carbocycles. The molecule has 2 aromatic rings. The van der Waals surface area contributed by atoms with Crippen molar-refractivity contribution in [1.82, 2.24) is 19.8 Å². The number of aromatic nitrogens is 2. The molecule has 0 atom stereocenters. The molecule has 2 N–H and O–H groups in total. The van der Waals surface area contributed by atoms with Gasteiger partial charge in [-0.1, -0.05) is 25.5 Å². The molecule has 0 aliphatic heterocycles. The molecule has 0 spiro atoms.